The molecule has 8 heteroatoms. The van der Waals surface area contributed by atoms with E-state index in [9.17, 15) is 14.7 Å². The third-order valence-corrected chi connectivity index (χ3v) is 4.64. The van der Waals surface area contributed by atoms with Gasteiger partial charge in [-0.05, 0) is 17.7 Å². The van der Waals surface area contributed by atoms with Crippen molar-refractivity contribution in [3.63, 3.8) is 0 Å². The van der Waals surface area contributed by atoms with Crippen LogP contribution in [-0.2, 0) is 52.8 Å². The summed E-state index contributed by atoms with van der Waals surface area (Å²) < 4.78 is 1.24. The van der Waals surface area contributed by atoms with E-state index >= 15 is 0 Å². The second kappa shape index (κ2) is 11.2. The number of aryl methyl sites for hydroxylation is 1. The number of para-hydroxylation sites is 1. The van der Waals surface area contributed by atoms with Crippen molar-refractivity contribution in [2.45, 2.75) is 13.0 Å². The zero-order valence-corrected chi connectivity index (χ0v) is 19.8. The van der Waals surface area contributed by atoms with Crippen molar-refractivity contribution in [2.75, 3.05) is 11.9 Å². The van der Waals surface area contributed by atoms with Gasteiger partial charge in [0.05, 0.1) is 18.4 Å². The van der Waals surface area contributed by atoms with E-state index in [2.05, 4.69) is 10.4 Å². The van der Waals surface area contributed by atoms with Crippen molar-refractivity contribution in [1.29, 1.82) is 0 Å². The number of hydrogen-bond acceptors (Lipinski definition) is 4. The van der Waals surface area contributed by atoms with Crippen LogP contribution in [0.15, 0.2) is 65.6 Å². The van der Waals surface area contributed by atoms with Gasteiger partial charge >= 0.3 is 0 Å². The van der Waals surface area contributed by atoms with Gasteiger partial charge in [-0.2, -0.15) is 5.10 Å². The molecular formula is C22H23N4O3Y-. The second-order valence-electron chi connectivity index (χ2n) is 6.58. The Morgan fingerprint density at radius 1 is 1.17 bits per heavy atom. The molecule has 0 spiro atoms. The van der Waals surface area contributed by atoms with E-state index < -0.39 is 0 Å². The van der Waals surface area contributed by atoms with Crippen molar-refractivity contribution < 1.29 is 42.6 Å². The number of urea groups is 1. The molecule has 0 saturated heterocycles. The molecule has 1 heterocycles. The van der Waals surface area contributed by atoms with Gasteiger partial charge in [0.1, 0.15) is 0 Å². The average Bonchev–Trinajstić information content (AvgIpc) is 2.76. The summed E-state index contributed by atoms with van der Waals surface area (Å²) >= 11 is 0. The minimum absolute atomic E-state index is 0. The molecule has 2 amide bonds. The van der Waals surface area contributed by atoms with Crippen molar-refractivity contribution in [3.05, 3.63) is 88.8 Å². The summed E-state index contributed by atoms with van der Waals surface area (Å²) in [6.45, 7) is 1.44. The van der Waals surface area contributed by atoms with E-state index in [1.807, 2.05) is 54.6 Å². The number of benzene rings is 2. The van der Waals surface area contributed by atoms with Crippen LogP contribution in [0.5, 0.6) is 0 Å². The number of carbonyl (C=O) groups is 1. The summed E-state index contributed by atoms with van der Waals surface area (Å²) in [4.78, 5) is 26.2. The van der Waals surface area contributed by atoms with Crippen LogP contribution in [0, 0.1) is 6.54 Å². The molecule has 0 aliphatic carbocycles. The minimum Gasteiger partial charge on any atom is -0.487 e. The second-order valence-corrected chi connectivity index (χ2v) is 6.58. The maximum atomic E-state index is 12.4. The smallest absolute Gasteiger partial charge is 0.292 e. The number of nitrogens with one attached hydrogen (secondary N) is 1. The summed E-state index contributed by atoms with van der Waals surface area (Å²) in [6.07, 6.45) is 2.03. The van der Waals surface area contributed by atoms with Crippen LogP contribution in [0.1, 0.15) is 11.1 Å². The van der Waals surface area contributed by atoms with E-state index in [1.165, 1.54) is 15.8 Å². The van der Waals surface area contributed by atoms with Crippen LogP contribution in [0.25, 0.3) is 11.1 Å². The molecule has 3 aromatic rings. The van der Waals surface area contributed by atoms with Crippen LogP contribution < -0.4 is 15.8 Å². The Balaban J connectivity index is 0.00000320. The number of aromatic nitrogens is 2. The number of amides is 2. The summed E-state index contributed by atoms with van der Waals surface area (Å²) in [6, 6.07) is 16.6. The molecule has 153 valence electrons. The van der Waals surface area contributed by atoms with Gasteiger partial charge in [0, 0.05) is 58.1 Å². The maximum absolute atomic E-state index is 12.4. The molecule has 1 aromatic heterocycles. The van der Waals surface area contributed by atoms with Crippen molar-refractivity contribution >= 4 is 11.7 Å². The first-order chi connectivity index (χ1) is 14.0. The number of hydrogen-bond donors (Lipinski definition) is 2. The molecule has 0 aliphatic heterocycles. The Kier molecular flexibility index (Phi) is 8.90. The van der Waals surface area contributed by atoms with E-state index in [4.69, 9.17) is 0 Å². The Bertz CT molecular complexity index is 1040. The molecular weight excluding hydrogens is 457 g/mol. The summed E-state index contributed by atoms with van der Waals surface area (Å²) in [7, 11) is 3.28. The predicted molar refractivity (Wildman–Crippen MR) is 112 cm³/mol. The third-order valence-electron chi connectivity index (χ3n) is 4.64. The molecule has 0 saturated carbocycles. The van der Waals surface area contributed by atoms with Crippen LogP contribution >= 0.6 is 0 Å². The van der Waals surface area contributed by atoms with Gasteiger partial charge in [-0.25, -0.2) is 11.2 Å². The topological polar surface area (TPSA) is 87.5 Å². The van der Waals surface area contributed by atoms with Crippen LogP contribution in [-0.4, -0.2) is 28.0 Å². The molecule has 3 rings (SSSR count). The molecule has 0 atom stereocenters. The van der Waals surface area contributed by atoms with Gasteiger partial charge < -0.3 is 10.4 Å². The molecule has 2 aromatic carbocycles. The molecule has 0 fully saturated rings. The minimum atomic E-state index is -0.257. The Morgan fingerprint density at radius 3 is 2.47 bits per heavy atom. The van der Waals surface area contributed by atoms with E-state index in [0.717, 1.165) is 11.3 Å². The number of aliphatic hydroxyl groups is 1. The number of aliphatic hydroxyl groups excluding tert-OH is 1. The molecule has 7 nitrogen and oxygen atoms in total. The van der Waals surface area contributed by atoms with Gasteiger partial charge in [0.15, 0.2) is 0 Å². The molecule has 1 radical (unpaired) electrons. The van der Waals surface area contributed by atoms with Gasteiger partial charge in [-0.15, -0.1) is 6.42 Å². The zero-order chi connectivity index (χ0) is 20.8. The number of carbonyl (C=O) groups excluding carboxylic acids is 1. The van der Waals surface area contributed by atoms with Crippen LogP contribution in [0.2, 0.25) is 0 Å². The first-order valence-corrected chi connectivity index (χ1v) is 9.17. The number of anilines is 1. The monoisotopic (exact) mass is 480 g/mol. The molecule has 0 unspecified atom stereocenters. The molecule has 2 N–H and O–H groups in total. The maximum Gasteiger partial charge on any atom is 0.292 e. The standard InChI is InChI=1S/C22H23N4O3.Y/c1-25(19-6-4-3-5-7-19)22(29)23-13-12-16-8-10-17(11-9-16)20-18(15-27)14-24-26(2)21(20)28;/h3-11,13-14,27H,12,15H2,1-2H3,(H,23,29);/q-1;. The van der Waals surface area contributed by atoms with Gasteiger partial charge in [-0.3, -0.25) is 14.5 Å². The van der Waals surface area contributed by atoms with Crippen LogP contribution in [0.4, 0.5) is 10.5 Å². The zero-order valence-electron chi connectivity index (χ0n) is 16.9. The summed E-state index contributed by atoms with van der Waals surface area (Å²) in [5, 5.41) is 16.2. The third kappa shape index (κ3) is 5.62. The van der Waals surface area contributed by atoms with E-state index in [-0.39, 0.29) is 50.9 Å². The quantitative estimate of drug-likeness (QED) is 0.531. The van der Waals surface area contributed by atoms with Gasteiger partial charge in [0.2, 0.25) is 0 Å². The first-order valence-electron chi connectivity index (χ1n) is 9.17. The van der Waals surface area contributed by atoms with Gasteiger partial charge in [-0.1, -0.05) is 48.0 Å². The van der Waals surface area contributed by atoms with Crippen molar-refractivity contribution in [2.24, 2.45) is 7.05 Å². The van der Waals surface area contributed by atoms with E-state index in [0.29, 0.717) is 23.1 Å². The van der Waals surface area contributed by atoms with Crippen molar-refractivity contribution in [3.8, 4) is 11.1 Å². The van der Waals surface area contributed by atoms with Crippen LogP contribution in [0.3, 0.4) is 0 Å². The first kappa shape index (κ1) is 23.9. The number of nitrogens with zero attached hydrogens (tertiary/aromatic N) is 3. The van der Waals surface area contributed by atoms with E-state index in [1.54, 1.807) is 20.6 Å². The Labute approximate surface area is 200 Å². The fourth-order valence-corrected chi connectivity index (χ4v) is 2.93. The predicted octanol–water partition coefficient (Wildman–Crippen LogP) is 2.49. The normalized spacial score (nSPS) is 10.2. The molecule has 30 heavy (non-hydrogen) atoms. The van der Waals surface area contributed by atoms with Crippen molar-refractivity contribution in [1.82, 2.24) is 15.1 Å². The Hall–Kier alpha value is -2.35. The molecule has 0 aliphatic rings. The average molecular weight is 480 g/mol. The Morgan fingerprint density at radius 2 is 1.83 bits per heavy atom. The largest absolute Gasteiger partial charge is 0.487 e. The number of rotatable bonds is 6. The van der Waals surface area contributed by atoms with Gasteiger partial charge in [0.25, 0.3) is 11.6 Å². The fraction of sp³-hybridized carbons (Fsp3) is 0.182. The summed E-state index contributed by atoms with van der Waals surface area (Å²) in [5.41, 5.74) is 3.18. The summed E-state index contributed by atoms with van der Waals surface area (Å²) in [5.74, 6) is 0. The fourth-order valence-electron chi connectivity index (χ4n) is 2.93. The molecule has 0 bridgehead atoms. The SMILES string of the molecule is CN(C(=O)N[CH-]Cc1ccc(-c2c(CO)cnn(C)c2=O)cc1)c1ccccc1.[Y].